The number of benzene rings is 3. The number of rotatable bonds is 0. The van der Waals surface area contributed by atoms with E-state index in [2.05, 4.69) is 64.1 Å². The molecule has 0 fully saturated rings. The molecule has 3 aromatic carbocycles. The van der Waals surface area contributed by atoms with Crippen molar-refractivity contribution < 1.29 is 0 Å². The van der Waals surface area contributed by atoms with Crippen LogP contribution in [0.2, 0.25) is 0 Å². The highest BCUT2D eigenvalue weighted by Gasteiger charge is 2.06. The molecule has 0 saturated carbocycles. The smallest absolute Gasteiger partial charge is 0.00998 e. The van der Waals surface area contributed by atoms with Gasteiger partial charge in [-0.3, -0.25) is 0 Å². The number of hydrogen-bond acceptors (Lipinski definition) is 0. The van der Waals surface area contributed by atoms with E-state index in [-0.39, 0.29) is 0 Å². The average Bonchev–Trinajstić information content (AvgIpc) is 2.31. The fourth-order valence-electron chi connectivity index (χ4n) is 2.91. The lowest BCUT2D eigenvalue weighted by Crippen LogP contribution is -1.87. The van der Waals surface area contributed by atoms with Crippen LogP contribution in [0.3, 0.4) is 0 Å². The molecule has 0 aromatic heterocycles. The van der Waals surface area contributed by atoms with E-state index in [9.17, 15) is 0 Å². The molecule has 0 N–H and O–H groups in total. The molecule has 0 amide bonds. The first-order valence-electron chi connectivity index (χ1n) is 6.47. The van der Waals surface area contributed by atoms with E-state index in [0.29, 0.717) is 0 Å². The van der Waals surface area contributed by atoms with Crippen LogP contribution in [-0.4, -0.2) is 0 Å². The summed E-state index contributed by atoms with van der Waals surface area (Å²) in [5, 5.41) is 5.53. The first-order valence-corrected chi connectivity index (χ1v) is 6.47. The summed E-state index contributed by atoms with van der Waals surface area (Å²) in [5.74, 6) is 0. The topological polar surface area (TPSA) is 0 Å². The third-order valence-corrected chi connectivity index (χ3v) is 3.78. The Morgan fingerprint density at radius 2 is 1.11 bits per heavy atom. The Labute approximate surface area is 108 Å². The lowest BCUT2D eigenvalue weighted by Gasteiger charge is -2.11. The Kier molecular flexibility index (Phi) is 2.41. The summed E-state index contributed by atoms with van der Waals surface area (Å²) in [6, 6.07) is 13.7. The summed E-state index contributed by atoms with van der Waals surface area (Å²) in [7, 11) is 0. The van der Waals surface area contributed by atoms with Crippen molar-refractivity contribution in [2.75, 3.05) is 0 Å². The second-order valence-corrected chi connectivity index (χ2v) is 5.42. The predicted octanol–water partition coefficient (Wildman–Crippen LogP) is 5.23. The van der Waals surface area contributed by atoms with Crippen molar-refractivity contribution in [1.29, 1.82) is 0 Å². The molecule has 0 atom stereocenters. The van der Waals surface area contributed by atoms with E-state index in [0.717, 1.165) is 0 Å². The van der Waals surface area contributed by atoms with Crippen LogP contribution in [0.15, 0.2) is 36.4 Å². The van der Waals surface area contributed by atoms with Crippen LogP contribution in [0.4, 0.5) is 0 Å². The molecule has 0 nitrogen and oxygen atoms in total. The molecule has 0 aliphatic carbocycles. The highest BCUT2D eigenvalue weighted by Crippen LogP contribution is 2.31. The minimum atomic E-state index is 1.33. The fourth-order valence-corrected chi connectivity index (χ4v) is 2.91. The maximum Gasteiger partial charge on any atom is -0.00998 e. The monoisotopic (exact) mass is 234 g/mol. The van der Waals surface area contributed by atoms with Gasteiger partial charge >= 0.3 is 0 Å². The lowest BCUT2D eigenvalue weighted by molar-refractivity contribution is 1.42. The predicted molar refractivity (Wildman–Crippen MR) is 80.4 cm³/mol. The molecule has 90 valence electrons. The van der Waals surface area contributed by atoms with E-state index in [4.69, 9.17) is 0 Å². The van der Waals surface area contributed by atoms with E-state index >= 15 is 0 Å². The molecule has 0 unspecified atom stereocenters. The molecule has 0 heteroatoms. The average molecular weight is 234 g/mol. The standard InChI is InChI=1S/C18H18/c1-11-5-6-15-14(4)10-16-13(3)7-12(2)9-18(16)17(15)8-11/h5-10H,1-4H3. The number of aryl methyl sites for hydroxylation is 4. The minimum absolute atomic E-state index is 1.33. The maximum absolute atomic E-state index is 2.32. The largest absolute Gasteiger partial charge is 0.0587 e. The summed E-state index contributed by atoms with van der Waals surface area (Å²) < 4.78 is 0. The van der Waals surface area contributed by atoms with Gasteiger partial charge in [-0.15, -0.1) is 0 Å². The summed E-state index contributed by atoms with van der Waals surface area (Å²) in [6.07, 6.45) is 0. The normalized spacial score (nSPS) is 11.3. The first kappa shape index (κ1) is 11.3. The van der Waals surface area contributed by atoms with Gasteiger partial charge in [0.1, 0.15) is 0 Å². The molecule has 3 rings (SSSR count). The molecule has 0 aliphatic heterocycles. The van der Waals surface area contributed by atoms with E-state index in [1.165, 1.54) is 43.8 Å². The van der Waals surface area contributed by atoms with Crippen LogP contribution < -0.4 is 0 Å². The van der Waals surface area contributed by atoms with Crippen LogP contribution in [0.1, 0.15) is 22.3 Å². The fraction of sp³-hybridized carbons (Fsp3) is 0.222. The Morgan fingerprint density at radius 3 is 1.89 bits per heavy atom. The van der Waals surface area contributed by atoms with Crippen molar-refractivity contribution in [2.45, 2.75) is 27.7 Å². The summed E-state index contributed by atoms with van der Waals surface area (Å²) in [6.45, 7) is 8.75. The van der Waals surface area contributed by atoms with Gasteiger partial charge in [-0.25, -0.2) is 0 Å². The van der Waals surface area contributed by atoms with Crippen LogP contribution in [0.25, 0.3) is 21.5 Å². The highest BCUT2D eigenvalue weighted by atomic mass is 14.1. The zero-order valence-electron chi connectivity index (χ0n) is 11.5. The summed E-state index contributed by atoms with van der Waals surface area (Å²) in [4.78, 5) is 0. The quantitative estimate of drug-likeness (QED) is 0.467. The SMILES string of the molecule is Cc1ccc2c(C)cc3c(C)cc(C)cc3c2c1. The van der Waals surface area contributed by atoms with Gasteiger partial charge in [-0.05, 0) is 60.4 Å². The zero-order chi connectivity index (χ0) is 12.9. The van der Waals surface area contributed by atoms with Gasteiger partial charge in [-0.1, -0.05) is 47.5 Å². The van der Waals surface area contributed by atoms with Crippen LogP contribution in [0, 0.1) is 27.7 Å². The van der Waals surface area contributed by atoms with Gasteiger partial charge in [0, 0.05) is 0 Å². The van der Waals surface area contributed by atoms with Crippen LogP contribution in [0.5, 0.6) is 0 Å². The molecule has 0 spiro atoms. The summed E-state index contributed by atoms with van der Waals surface area (Å²) >= 11 is 0. The first-order chi connectivity index (χ1) is 8.56. The molecular formula is C18H18. The summed E-state index contributed by atoms with van der Waals surface area (Å²) in [5.41, 5.74) is 5.40. The van der Waals surface area contributed by atoms with Gasteiger partial charge in [0.25, 0.3) is 0 Å². The van der Waals surface area contributed by atoms with Crippen molar-refractivity contribution >= 4 is 21.5 Å². The Bertz CT molecular complexity index is 759. The molecule has 0 radical (unpaired) electrons. The van der Waals surface area contributed by atoms with Gasteiger partial charge in [-0.2, -0.15) is 0 Å². The van der Waals surface area contributed by atoms with E-state index in [1.54, 1.807) is 0 Å². The van der Waals surface area contributed by atoms with Gasteiger partial charge < -0.3 is 0 Å². The highest BCUT2D eigenvalue weighted by molar-refractivity contribution is 6.10. The van der Waals surface area contributed by atoms with Crippen molar-refractivity contribution in [1.82, 2.24) is 0 Å². The van der Waals surface area contributed by atoms with E-state index < -0.39 is 0 Å². The molecule has 18 heavy (non-hydrogen) atoms. The molecule has 3 aromatic rings. The molecular weight excluding hydrogens is 216 g/mol. The van der Waals surface area contributed by atoms with Gasteiger partial charge in [0.05, 0.1) is 0 Å². The second-order valence-electron chi connectivity index (χ2n) is 5.42. The molecule has 0 aliphatic rings. The Hall–Kier alpha value is -1.82. The minimum Gasteiger partial charge on any atom is -0.0587 e. The maximum atomic E-state index is 2.32. The van der Waals surface area contributed by atoms with E-state index in [1.807, 2.05) is 0 Å². The number of hydrogen-bond donors (Lipinski definition) is 0. The second kappa shape index (κ2) is 3.84. The van der Waals surface area contributed by atoms with Crippen molar-refractivity contribution in [2.24, 2.45) is 0 Å². The molecule has 0 heterocycles. The zero-order valence-corrected chi connectivity index (χ0v) is 11.5. The third kappa shape index (κ3) is 1.60. The van der Waals surface area contributed by atoms with Gasteiger partial charge in [0.2, 0.25) is 0 Å². The van der Waals surface area contributed by atoms with Crippen molar-refractivity contribution in [3.63, 3.8) is 0 Å². The Morgan fingerprint density at radius 1 is 0.500 bits per heavy atom. The molecule has 0 saturated heterocycles. The van der Waals surface area contributed by atoms with Crippen molar-refractivity contribution in [3.05, 3.63) is 58.7 Å². The van der Waals surface area contributed by atoms with Gasteiger partial charge in [0.15, 0.2) is 0 Å². The van der Waals surface area contributed by atoms with Crippen LogP contribution >= 0.6 is 0 Å². The van der Waals surface area contributed by atoms with Crippen molar-refractivity contribution in [3.8, 4) is 0 Å². The molecule has 0 bridgehead atoms. The third-order valence-electron chi connectivity index (χ3n) is 3.78. The lowest BCUT2D eigenvalue weighted by atomic mass is 9.93. The number of fused-ring (bicyclic) bond motifs is 3. The van der Waals surface area contributed by atoms with Crippen LogP contribution in [-0.2, 0) is 0 Å². The Balaban J connectivity index is 2.62.